The highest BCUT2D eigenvalue weighted by Gasteiger charge is 2.14. The fourth-order valence-corrected chi connectivity index (χ4v) is 1.64. The molecule has 0 fully saturated rings. The van der Waals surface area contributed by atoms with Gasteiger partial charge in [0.1, 0.15) is 5.82 Å². The molecular weight excluding hydrogens is 198 g/mol. The minimum atomic E-state index is 0.265. The molecule has 2 rings (SSSR count). The molecule has 2 aromatic rings. The molecule has 0 radical (unpaired) electrons. The summed E-state index contributed by atoms with van der Waals surface area (Å²) in [6.07, 6.45) is 0. The fourth-order valence-electron chi connectivity index (χ4n) is 1.64. The molecule has 3 heteroatoms. The molecule has 1 N–H and O–H groups in total. The van der Waals surface area contributed by atoms with Gasteiger partial charge < -0.3 is 0 Å². The molecule has 0 aliphatic carbocycles. The van der Waals surface area contributed by atoms with Gasteiger partial charge in [0.25, 0.3) is 0 Å². The van der Waals surface area contributed by atoms with E-state index in [1.54, 1.807) is 0 Å². The van der Waals surface area contributed by atoms with Crippen molar-refractivity contribution in [1.29, 1.82) is 0 Å². The summed E-state index contributed by atoms with van der Waals surface area (Å²) in [6, 6.07) is 10.3. The Balaban J connectivity index is 2.24. The number of hydrogen-bond donors (Lipinski definition) is 1. The minimum absolute atomic E-state index is 0.265. The average Bonchev–Trinajstić information content (AvgIpc) is 2.78. The van der Waals surface area contributed by atoms with Gasteiger partial charge in [0.05, 0.1) is 0 Å². The summed E-state index contributed by atoms with van der Waals surface area (Å²) >= 11 is 0. The Morgan fingerprint density at radius 1 is 1.06 bits per heavy atom. The van der Waals surface area contributed by atoms with Crippen molar-refractivity contribution in [2.45, 2.75) is 32.6 Å². The third kappa shape index (κ3) is 2.13. The standard InChI is InChI=1S/C13H17N3/c1-9(2)12-14-13(16-15-12)10(3)11-7-5-4-6-8-11/h4-10H,1-3H3,(H,14,15,16). The first-order valence-electron chi connectivity index (χ1n) is 5.65. The Morgan fingerprint density at radius 3 is 2.31 bits per heavy atom. The van der Waals surface area contributed by atoms with Gasteiger partial charge in [-0.05, 0) is 5.56 Å². The molecule has 0 saturated carbocycles. The first-order chi connectivity index (χ1) is 7.68. The largest absolute Gasteiger partial charge is 0.263 e. The van der Waals surface area contributed by atoms with Crippen molar-refractivity contribution >= 4 is 0 Å². The Bertz CT molecular complexity index is 445. The topological polar surface area (TPSA) is 41.6 Å². The Kier molecular flexibility index (Phi) is 3.04. The average molecular weight is 215 g/mol. The molecule has 0 saturated heterocycles. The minimum Gasteiger partial charge on any atom is -0.263 e. The van der Waals surface area contributed by atoms with Gasteiger partial charge in [-0.25, -0.2) is 4.98 Å². The zero-order chi connectivity index (χ0) is 11.5. The van der Waals surface area contributed by atoms with E-state index >= 15 is 0 Å². The van der Waals surface area contributed by atoms with Crippen molar-refractivity contribution < 1.29 is 0 Å². The Morgan fingerprint density at radius 2 is 1.75 bits per heavy atom. The number of rotatable bonds is 3. The van der Waals surface area contributed by atoms with Crippen LogP contribution in [0.2, 0.25) is 0 Å². The lowest BCUT2D eigenvalue weighted by Crippen LogP contribution is -1.98. The smallest absolute Gasteiger partial charge is 0.153 e. The molecule has 0 spiro atoms. The van der Waals surface area contributed by atoms with Crippen molar-refractivity contribution in [2.75, 3.05) is 0 Å². The van der Waals surface area contributed by atoms with Crippen LogP contribution in [0.4, 0.5) is 0 Å². The maximum atomic E-state index is 4.52. The van der Waals surface area contributed by atoms with Crippen LogP contribution in [0.3, 0.4) is 0 Å². The molecule has 0 bridgehead atoms. The lowest BCUT2D eigenvalue weighted by Gasteiger charge is -2.07. The van der Waals surface area contributed by atoms with Gasteiger partial charge in [0.2, 0.25) is 0 Å². The van der Waals surface area contributed by atoms with Gasteiger partial charge in [-0.3, -0.25) is 5.10 Å². The third-order valence-corrected chi connectivity index (χ3v) is 2.75. The summed E-state index contributed by atoms with van der Waals surface area (Å²) in [4.78, 5) is 4.52. The van der Waals surface area contributed by atoms with Crippen LogP contribution in [0.25, 0.3) is 0 Å². The second-order valence-corrected chi connectivity index (χ2v) is 4.37. The first kappa shape index (κ1) is 10.9. The molecule has 84 valence electrons. The van der Waals surface area contributed by atoms with E-state index in [1.807, 2.05) is 18.2 Å². The van der Waals surface area contributed by atoms with Crippen LogP contribution in [0.5, 0.6) is 0 Å². The monoisotopic (exact) mass is 215 g/mol. The number of H-pyrrole nitrogens is 1. The van der Waals surface area contributed by atoms with Crippen LogP contribution in [-0.2, 0) is 0 Å². The van der Waals surface area contributed by atoms with E-state index in [1.165, 1.54) is 5.56 Å². The van der Waals surface area contributed by atoms with Crippen molar-refractivity contribution in [1.82, 2.24) is 15.2 Å². The first-order valence-corrected chi connectivity index (χ1v) is 5.65. The number of aromatic nitrogens is 3. The van der Waals surface area contributed by atoms with E-state index in [4.69, 9.17) is 0 Å². The van der Waals surface area contributed by atoms with Gasteiger partial charge in [0, 0.05) is 11.8 Å². The van der Waals surface area contributed by atoms with Crippen LogP contribution in [0.15, 0.2) is 30.3 Å². The molecule has 1 heterocycles. The highest BCUT2D eigenvalue weighted by atomic mass is 15.2. The van der Waals surface area contributed by atoms with Crippen LogP contribution in [0, 0.1) is 0 Å². The number of hydrogen-bond acceptors (Lipinski definition) is 2. The number of aromatic amines is 1. The summed E-state index contributed by atoms with van der Waals surface area (Å²) < 4.78 is 0. The summed E-state index contributed by atoms with van der Waals surface area (Å²) in [7, 11) is 0. The predicted octanol–water partition coefficient (Wildman–Crippen LogP) is 3.08. The number of nitrogens with zero attached hydrogens (tertiary/aromatic N) is 2. The van der Waals surface area contributed by atoms with Crippen molar-refractivity contribution in [3.05, 3.63) is 47.5 Å². The second-order valence-electron chi connectivity index (χ2n) is 4.37. The van der Waals surface area contributed by atoms with E-state index in [9.17, 15) is 0 Å². The van der Waals surface area contributed by atoms with Gasteiger partial charge >= 0.3 is 0 Å². The van der Waals surface area contributed by atoms with E-state index < -0.39 is 0 Å². The molecular formula is C13H17N3. The van der Waals surface area contributed by atoms with Crippen LogP contribution in [-0.4, -0.2) is 15.2 Å². The van der Waals surface area contributed by atoms with Gasteiger partial charge in [-0.15, -0.1) is 0 Å². The van der Waals surface area contributed by atoms with E-state index in [0.29, 0.717) is 5.92 Å². The molecule has 1 aromatic heterocycles. The lowest BCUT2D eigenvalue weighted by atomic mass is 10.0. The Hall–Kier alpha value is -1.64. The highest BCUT2D eigenvalue weighted by molar-refractivity contribution is 5.24. The molecule has 1 aromatic carbocycles. The van der Waals surface area contributed by atoms with Gasteiger partial charge in [-0.1, -0.05) is 51.1 Å². The zero-order valence-electron chi connectivity index (χ0n) is 9.94. The van der Waals surface area contributed by atoms with Gasteiger partial charge in [0.15, 0.2) is 5.82 Å². The van der Waals surface area contributed by atoms with Gasteiger partial charge in [-0.2, -0.15) is 5.10 Å². The molecule has 16 heavy (non-hydrogen) atoms. The lowest BCUT2D eigenvalue weighted by molar-refractivity contribution is 0.778. The summed E-state index contributed by atoms with van der Waals surface area (Å²) in [6.45, 7) is 6.33. The van der Waals surface area contributed by atoms with Crippen molar-refractivity contribution in [2.24, 2.45) is 0 Å². The molecule has 0 amide bonds. The summed E-state index contributed by atoms with van der Waals surface area (Å²) in [5.41, 5.74) is 1.26. The van der Waals surface area contributed by atoms with Crippen LogP contribution in [0.1, 0.15) is 49.8 Å². The maximum Gasteiger partial charge on any atom is 0.153 e. The predicted molar refractivity (Wildman–Crippen MR) is 64.4 cm³/mol. The normalized spacial score (nSPS) is 13.0. The maximum absolute atomic E-state index is 4.52. The molecule has 1 atom stereocenters. The van der Waals surface area contributed by atoms with Crippen LogP contribution < -0.4 is 0 Å². The Labute approximate surface area is 95.9 Å². The zero-order valence-corrected chi connectivity index (χ0v) is 9.94. The van der Waals surface area contributed by atoms with E-state index in [0.717, 1.165) is 11.6 Å². The SMILES string of the molecule is CC(C)c1n[nH]c(C(C)c2ccccc2)n1. The number of benzene rings is 1. The number of nitrogens with one attached hydrogen (secondary N) is 1. The molecule has 1 unspecified atom stereocenters. The van der Waals surface area contributed by atoms with E-state index in [2.05, 4.69) is 48.1 Å². The fraction of sp³-hybridized carbons (Fsp3) is 0.385. The highest BCUT2D eigenvalue weighted by Crippen LogP contribution is 2.21. The molecule has 0 aliphatic rings. The molecule has 3 nitrogen and oxygen atoms in total. The molecule has 0 aliphatic heterocycles. The van der Waals surface area contributed by atoms with E-state index in [-0.39, 0.29) is 5.92 Å². The van der Waals surface area contributed by atoms with Crippen LogP contribution >= 0.6 is 0 Å². The summed E-state index contributed by atoms with van der Waals surface area (Å²) in [5, 5.41) is 7.25. The van der Waals surface area contributed by atoms with Crippen molar-refractivity contribution in [3.63, 3.8) is 0 Å². The second kappa shape index (κ2) is 4.47. The quantitative estimate of drug-likeness (QED) is 0.854. The third-order valence-electron chi connectivity index (χ3n) is 2.75. The summed E-state index contributed by atoms with van der Waals surface area (Å²) in [5.74, 6) is 2.46. The van der Waals surface area contributed by atoms with Crippen molar-refractivity contribution in [3.8, 4) is 0 Å².